The minimum Gasteiger partial charge on any atom is -0.457 e. The maximum Gasteiger partial charge on any atom is 0.222 e. The number of carbonyl (C=O) groups excluding carboxylic acids is 1. The van der Waals surface area contributed by atoms with Crippen molar-refractivity contribution in [3.63, 3.8) is 0 Å². The Morgan fingerprint density at radius 3 is 2.69 bits per heavy atom. The Bertz CT molecular complexity index is 1450. The van der Waals surface area contributed by atoms with E-state index in [9.17, 15) is 9.18 Å². The van der Waals surface area contributed by atoms with Crippen molar-refractivity contribution in [3.8, 4) is 11.5 Å². The summed E-state index contributed by atoms with van der Waals surface area (Å²) in [5.41, 5.74) is 3.46. The quantitative estimate of drug-likeness (QED) is 0.417. The standard InChI is InChI=1S/C26H23FN6O2/c1-16(34)30-25-15-20(9-12-29-25)35-19-4-6-24-23(14-19)32-26(33(24)2)31-22-13-18(3-5-21(22)27)17-7-10-28-11-8-17/h3-15,21-22H,1-2H3,(H,31,32)(H,29,30,34). The van der Waals surface area contributed by atoms with Gasteiger partial charge in [0.1, 0.15) is 23.5 Å². The number of aromatic nitrogens is 4. The fourth-order valence-electron chi connectivity index (χ4n) is 3.90. The third kappa shape index (κ3) is 4.89. The summed E-state index contributed by atoms with van der Waals surface area (Å²) in [4.78, 5) is 24.1. The second kappa shape index (κ2) is 9.38. The summed E-state index contributed by atoms with van der Waals surface area (Å²) in [7, 11) is 1.88. The summed E-state index contributed by atoms with van der Waals surface area (Å²) >= 11 is 0. The van der Waals surface area contributed by atoms with Crippen molar-refractivity contribution in [3.05, 3.63) is 84.8 Å². The number of benzene rings is 1. The number of carbonyl (C=O) groups is 1. The molecule has 0 spiro atoms. The van der Waals surface area contributed by atoms with Crippen molar-refractivity contribution < 1.29 is 13.9 Å². The van der Waals surface area contributed by atoms with Crippen molar-refractivity contribution in [2.75, 3.05) is 10.6 Å². The van der Waals surface area contributed by atoms with E-state index in [0.717, 1.165) is 16.7 Å². The smallest absolute Gasteiger partial charge is 0.222 e. The lowest BCUT2D eigenvalue weighted by atomic mass is 9.96. The van der Waals surface area contributed by atoms with Gasteiger partial charge in [-0.05, 0) is 47.5 Å². The van der Waals surface area contributed by atoms with Crippen molar-refractivity contribution in [1.29, 1.82) is 0 Å². The van der Waals surface area contributed by atoms with Crippen LogP contribution >= 0.6 is 0 Å². The van der Waals surface area contributed by atoms with Gasteiger partial charge in [0.05, 0.1) is 17.1 Å². The van der Waals surface area contributed by atoms with Crippen LogP contribution in [0.25, 0.3) is 16.6 Å². The molecule has 4 aromatic rings. The Hall–Kier alpha value is -4.53. The molecule has 0 radical (unpaired) electrons. The van der Waals surface area contributed by atoms with Gasteiger partial charge >= 0.3 is 0 Å². The summed E-state index contributed by atoms with van der Waals surface area (Å²) in [6.07, 6.45) is 8.99. The molecule has 2 unspecified atom stereocenters. The van der Waals surface area contributed by atoms with Crippen molar-refractivity contribution in [2.45, 2.75) is 19.1 Å². The average Bonchev–Trinajstić information content (AvgIpc) is 3.15. The molecule has 8 nitrogen and oxygen atoms in total. The zero-order chi connectivity index (χ0) is 24.4. The van der Waals surface area contributed by atoms with Crippen LogP contribution in [-0.2, 0) is 11.8 Å². The highest BCUT2D eigenvalue weighted by atomic mass is 19.1. The number of allylic oxidation sites excluding steroid dienone is 2. The van der Waals surface area contributed by atoms with Gasteiger partial charge in [-0.1, -0.05) is 12.2 Å². The lowest BCUT2D eigenvalue weighted by molar-refractivity contribution is -0.114. The zero-order valence-corrected chi connectivity index (χ0v) is 19.1. The molecule has 1 aromatic carbocycles. The molecule has 0 bridgehead atoms. The van der Waals surface area contributed by atoms with Gasteiger partial charge in [-0.25, -0.2) is 14.4 Å². The lowest BCUT2D eigenvalue weighted by Gasteiger charge is -2.22. The minimum atomic E-state index is -1.19. The van der Waals surface area contributed by atoms with E-state index >= 15 is 0 Å². The second-order valence-electron chi connectivity index (χ2n) is 8.14. The van der Waals surface area contributed by atoms with Crippen LogP contribution in [0.5, 0.6) is 11.5 Å². The topological polar surface area (TPSA) is 94.0 Å². The Kier molecular flexibility index (Phi) is 5.97. The molecule has 1 aliphatic carbocycles. The molecular formula is C26H23FN6O2. The molecule has 176 valence electrons. The summed E-state index contributed by atoms with van der Waals surface area (Å²) in [6.45, 7) is 1.42. The van der Waals surface area contributed by atoms with E-state index in [1.807, 2.05) is 48.0 Å². The molecule has 9 heteroatoms. The van der Waals surface area contributed by atoms with Crippen LogP contribution in [0, 0.1) is 0 Å². The maximum absolute atomic E-state index is 14.7. The number of rotatable bonds is 6. The Morgan fingerprint density at radius 2 is 1.89 bits per heavy atom. The van der Waals surface area contributed by atoms with Gasteiger partial charge < -0.3 is 19.9 Å². The molecule has 35 heavy (non-hydrogen) atoms. The number of amides is 1. The molecular weight excluding hydrogens is 447 g/mol. The molecule has 0 fully saturated rings. The number of hydrogen-bond acceptors (Lipinski definition) is 6. The van der Waals surface area contributed by atoms with E-state index in [4.69, 9.17) is 4.74 Å². The van der Waals surface area contributed by atoms with Gasteiger partial charge in [0.2, 0.25) is 11.9 Å². The van der Waals surface area contributed by atoms with Crippen LogP contribution in [0.1, 0.15) is 12.5 Å². The fraction of sp³-hybridized carbons (Fsp3) is 0.154. The fourth-order valence-corrected chi connectivity index (χ4v) is 3.90. The third-order valence-electron chi connectivity index (χ3n) is 5.59. The highest BCUT2D eigenvalue weighted by molar-refractivity contribution is 5.87. The first-order valence-electron chi connectivity index (χ1n) is 11.1. The van der Waals surface area contributed by atoms with Crippen LogP contribution < -0.4 is 15.4 Å². The lowest BCUT2D eigenvalue weighted by Crippen LogP contribution is -2.30. The van der Waals surface area contributed by atoms with Crippen LogP contribution in [0.3, 0.4) is 0 Å². The van der Waals surface area contributed by atoms with Crippen LogP contribution in [0.4, 0.5) is 16.2 Å². The van der Waals surface area contributed by atoms with E-state index in [-0.39, 0.29) is 5.91 Å². The van der Waals surface area contributed by atoms with Gasteiger partial charge in [0.25, 0.3) is 0 Å². The molecule has 2 atom stereocenters. The van der Waals surface area contributed by atoms with Crippen LogP contribution in [0.15, 0.2) is 79.3 Å². The monoisotopic (exact) mass is 470 g/mol. The molecule has 0 aliphatic heterocycles. The van der Waals surface area contributed by atoms with E-state index in [1.54, 1.807) is 42.9 Å². The first kappa shape index (κ1) is 22.3. The van der Waals surface area contributed by atoms with E-state index in [2.05, 4.69) is 25.6 Å². The van der Waals surface area contributed by atoms with Crippen molar-refractivity contribution in [1.82, 2.24) is 19.5 Å². The average molecular weight is 471 g/mol. The summed E-state index contributed by atoms with van der Waals surface area (Å²) < 4.78 is 22.6. The van der Waals surface area contributed by atoms with Gasteiger partial charge in [0.15, 0.2) is 0 Å². The van der Waals surface area contributed by atoms with Gasteiger partial charge in [-0.2, -0.15) is 0 Å². The van der Waals surface area contributed by atoms with Gasteiger partial charge in [-0.3, -0.25) is 9.78 Å². The first-order valence-corrected chi connectivity index (χ1v) is 11.1. The van der Waals surface area contributed by atoms with E-state index < -0.39 is 12.2 Å². The number of aryl methyl sites for hydroxylation is 1. The molecule has 3 heterocycles. The Morgan fingerprint density at radius 1 is 1.09 bits per heavy atom. The second-order valence-corrected chi connectivity index (χ2v) is 8.14. The number of fused-ring (bicyclic) bond motifs is 1. The summed E-state index contributed by atoms with van der Waals surface area (Å²) in [5, 5.41) is 5.86. The van der Waals surface area contributed by atoms with Gasteiger partial charge in [-0.15, -0.1) is 0 Å². The van der Waals surface area contributed by atoms with Crippen molar-refractivity contribution in [2.24, 2.45) is 7.05 Å². The van der Waals surface area contributed by atoms with Crippen molar-refractivity contribution >= 4 is 34.3 Å². The first-order chi connectivity index (χ1) is 17.0. The molecule has 1 amide bonds. The Balaban J connectivity index is 1.37. The number of imidazole rings is 1. The largest absolute Gasteiger partial charge is 0.457 e. The molecule has 5 rings (SSSR count). The van der Waals surface area contributed by atoms with E-state index in [1.165, 1.54) is 6.92 Å². The maximum atomic E-state index is 14.7. The predicted octanol–water partition coefficient (Wildman–Crippen LogP) is 4.89. The number of nitrogens with zero attached hydrogens (tertiary/aromatic N) is 4. The molecule has 0 saturated carbocycles. The Labute approximate surface area is 201 Å². The molecule has 2 N–H and O–H groups in total. The number of ether oxygens (including phenoxy) is 1. The number of pyridine rings is 2. The highest BCUT2D eigenvalue weighted by Crippen LogP contribution is 2.29. The van der Waals surface area contributed by atoms with Crippen LogP contribution in [0.2, 0.25) is 0 Å². The number of anilines is 2. The summed E-state index contributed by atoms with van der Waals surface area (Å²) in [5.74, 6) is 1.84. The molecule has 0 saturated heterocycles. The minimum absolute atomic E-state index is 0.212. The molecule has 3 aromatic heterocycles. The molecule has 1 aliphatic rings. The van der Waals surface area contributed by atoms with E-state index in [0.29, 0.717) is 28.8 Å². The van der Waals surface area contributed by atoms with Crippen LogP contribution in [-0.4, -0.2) is 37.6 Å². The number of halogens is 1. The predicted molar refractivity (Wildman–Crippen MR) is 133 cm³/mol. The SMILES string of the molecule is CC(=O)Nc1cc(Oc2ccc3c(c2)nc(NC2C=C(c4ccncc4)C=CC2F)n3C)ccn1. The summed E-state index contributed by atoms with van der Waals surface area (Å²) in [6, 6.07) is 12.1. The highest BCUT2D eigenvalue weighted by Gasteiger charge is 2.23. The number of alkyl halides is 1. The normalized spacial score (nSPS) is 17.2. The number of hydrogen-bond donors (Lipinski definition) is 2. The zero-order valence-electron chi connectivity index (χ0n) is 19.1. The van der Waals surface area contributed by atoms with Gasteiger partial charge in [0, 0.05) is 44.7 Å². The third-order valence-corrected chi connectivity index (χ3v) is 5.59. The number of nitrogens with one attached hydrogen (secondary N) is 2.